The summed E-state index contributed by atoms with van der Waals surface area (Å²) in [7, 11) is 0. The highest BCUT2D eigenvalue weighted by Gasteiger charge is 2.20. The van der Waals surface area contributed by atoms with Crippen molar-refractivity contribution in [2.45, 2.75) is 38.3 Å². The minimum Gasteiger partial charge on any atom is -0.396 e. The standard InChI is InChI=1S/C21H26O3/c1-2-20(23-16-18-10-5-3-6-11-18)21(14-9-15-22)24-17-19-12-7-4-8-13-19/h2-8,10-13,20-22H,1,9,14-17H2/t20-,21-/m1/s1. The van der Waals surface area contributed by atoms with Crippen molar-refractivity contribution >= 4 is 0 Å². The number of ether oxygens (including phenoxy) is 2. The maximum atomic E-state index is 9.14. The molecule has 2 aromatic carbocycles. The van der Waals surface area contributed by atoms with Crippen LogP contribution in [0.3, 0.4) is 0 Å². The van der Waals surface area contributed by atoms with Crippen molar-refractivity contribution in [3.63, 3.8) is 0 Å². The highest BCUT2D eigenvalue weighted by molar-refractivity contribution is 5.14. The van der Waals surface area contributed by atoms with Gasteiger partial charge < -0.3 is 14.6 Å². The first-order valence-electron chi connectivity index (χ1n) is 8.38. The fourth-order valence-electron chi connectivity index (χ4n) is 2.51. The SMILES string of the molecule is C=C[C@@H](OCc1ccccc1)[C@@H](CCCO)OCc1ccccc1. The van der Waals surface area contributed by atoms with Crippen LogP contribution >= 0.6 is 0 Å². The summed E-state index contributed by atoms with van der Waals surface area (Å²) in [6.45, 7) is 5.08. The van der Waals surface area contributed by atoms with Crippen LogP contribution in [0.15, 0.2) is 73.3 Å². The van der Waals surface area contributed by atoms with Crippen molar-refractivity contribution in [1.82, 2.24) is 0 Å². The van der Waals surface area contributed by atoms with E-state index in [2.05, 4.69) is 6.58 Å². The zero-order valence-corrected chi connectivity index (χ0v) is 14.0. The Kier molecular flexibility index (Phi) is 8.25. The van der Waals surface area contributed by atoms with Gasteiger partial charge in [-0.15, -0.1) is 6.58 Å². The zero-order chi connectivity index (χ0) is 17.0. The van der Waals surface area contributed by atoms with Crippen LogP contribution in [0.5, 0.6) is 0 Å². The van der Waals surface area contributed by atoms with E-state index in [0.29, 0.717) is 19.6 Å². The molecule has 0 radical (unpaired) electrons. The fraction of sp³-hybridized carbons (Fsp3) is 0.333. The molecule has 0 heterocycles. The lowest BCUT2D eigenvalue weighted by Gasteiger charge is -2.25. The summed E-state index contributed by atoms with van der Waals surface area (Å²) in [5, 5.41) is 9.14. The molecule has 0 aromatic heterocycles. The second kappa shape index (κ2) is 10.8. The van der Waals surface area contributed by atoms with E-state index < -0.39 is 0 Å². The minimum atomic E-state index is -0.208. The largest absolute Gasteiger partial charge is 0.396 e. The summed E-state index contributed by atoms with van der Waals surface area (Å²) in [4.78, 5) is 0. The molecule has 3 heteroatoms. The monoisotopic (exact) mass is 326 g/mol. The maximum absolute atomic E-state index is 9.14. The van der Waals surface area contributed by atoms with E-state index in [9.17, 15) is 0 Å². The van der Waals surface area contributed by atoms with Gasteiger partial charge >= 0.3 is 0 Å². The molecular formula is C21H26O3. The Hall–Kier alpha value is -1.94. The van der Waals surface area contributed by atoms with Crippen molar-refractivity contribution in [2.75, 3.05) is 6.61 Å². The summed E-state index contributed by atoms with van der Waals surface area (Å²) < 4.78 is 12.1. The second-order valence-electron chi connectivity index (χ2n) is 5.70. The van der Waals surface area contributed by atoms with E-state index in [4.69, 9.17) is 14.6 Å². The highest BCUT2D eigenvalue weighted by atomic mass is 16.5. The fourth-order valence-corrected chi connectivity index (χ4v) is 2.51. The predicted molar refractivity (Wildman–Crippen MR) is 96.6 cm³/mol. The van der Waals surface area contributed by atoms with Gasteiger partial charge in [-0.2, -0.15) is 0 Å². The van der Waals surface area contributed by atoms with E-state index in [1.807, 2.05) is 60.7 Å². The number of hydrogen-bond acceptors (Lipinski definition) is 3. The summed E-state index contributed by atoms with van der Waals surface area (Å²) in [5.41, 5.74) is 2.24. The van der Waals surface area contributed by atoms with Gasteiger partial charge in [0.15, 0.2) is 0 Å². The molecule has 0 saturated heterocycles. The smallest absolute Gasteiger partial charge is 0.102 e. The second-order valence-corrected chi connectivity index (χ2v) is 5.70. The Bertz CT molecular complexity index is 568. The van der Waals surface area contributed by atoms with Gasteiger partial charge in [0.2, 0.25) is 0 Å². The third-order valence-electron chi connectivity index (χ3n) is 3.84. The van der Waals surface area contributed by atoms with Gasteiger partial charge in [0.1, 0.15) is 6.10 Å². The molecule has 2 atom stereocenters. The number of aliphatic hydroxyl groups excluding tert-OH is 1. The topological polar surface area (TPSA) is 38.7 Å². The molecule has 2 aromatic rings. The minimum absolute atomic E-state index is 0.126. The lowest BCUT2D eigenvalue weighted by molar-refractivity contribution is -0.0694. The molecule has 0 spiro atoms. The molecule has 0 aliphatic carbocycles. The van der Waals surface area contributed by atoms with Gasteiger partial charge in [-0.25, -0.2) is 0 Å². The van der Waals surface area contributed by atoms with E-state index in [1.165, 1.54) is 0 Å². The molecule has 24 heavy (non-hydrogen) atoms. The maximum Gasteiger partial charge on any atom is 0.102 e. The van der Waals surface area contributed by atoms with Crippen molar-refractivity contribution in [3.8, 4) is 0 Å². The molecule has 1 N–H and O–H groups in total. The Labute approximate surface area is 144 Å². The van der Waals surface area contributed by atoms with Gasteiger partial charge in [-0.05, 0) is 24.0 Å². The lowest BCUT2D eigenvalue weighted by Crippen LogP contribution is -2.30. The number of benzene rings is 2. The van der Waals surface area contributed by atoms with Gasteiger partial charge in [-0.1, -0.05) is 66.7 Å². The molecule has 0 fully saturated rings. The quantitative estimate of drug-likeness (QED) is 0.631. The number of rotatable bonds is 11. The predicted octanol–water partition coefficient (Wildman–Crippen LogP) is 4.12. The molecule has 0 aliphatic rings. The van der Waals surface area contributed by atoms with Crippen LogP contribution in [0.4, 0.5) is 0 Å². The molecule has 128 valence electrons. The summed E-state index contributed by atoms with van der Waals surface area (Å²) >= 11 is 0. The van der Waals surface area contributed by atoms with Crippen molar-refractivity contribution in [3.05, 3.63) is 84.4 Å². The van der Waals surface area contributed by atoms with Gasteiger partial charge in [-0.3, -0.25) is 0 Å². The normalized spacial score (nSPS) is 13.4. The molecule has 0 aliphatic heterocycles. The van der Waals surface area contributed by atoms with Crippen LogP contribution in [-0.2, 0) is 22.7 Å². The number of hydrogen-bond donors (Lipinski definition) is 1. The Morgan fingerprint density at radius 3 is 1.92 bits per heavy atom. The van der Waals surface area contributed by atoms with Gasteiger partial charge in [0.05, 0.1) is 19.3 Å². The first-order valence-corrected chi connectivity index (χ1v) is 8.38. The molecular weight excluding hydrogens is 300 g/mol. The third-order valence-corrected chi connectivity index (χ3v) is 3.84. The average molecular weight is 326 g/mol. The van der Waals surface area contributed by atoms with Crippen LogP contribution in [0.2, 0.25) is 0 Å². The van der Waals surface area contributed by atoms with E-state index in [-0.39, 0.29) is 18.8 Å². The average Bonchev–Trinajstić information content (AvgIpc) is 2.65. The van der Waals surface area contributed by atoms with Crippen LogP contribution in [-0.4, -0.2) is 23.9 Å². The molecule has 0 saturated carbocycles. The third kappa shape index (κ3) is 6.28. The molecule has 0 bridgehead atoms. The Morgan fingerprint density at radius 2 is 1.42 bits per heavy atom. The molecule has 3 nitrogen and oxygen atoms in total. The van der Waals surface area contributed by atoms with Gasteiger partial charge in [0.25, 0.3) is 0 Å². The van der Waals surface area contributed by atoms with Crippen LogP contribution in [0.25, 0.3) is 0 Å². The first-order chi connectivity index (χ1) is 11.8. The first kappa shape index (κ1) is 18.4. The summed E-state index contributed by atoms with van der Waals surface area (Å²) in [5.74, 6) is 0. The molecule has 0 amide bonds. The molecule has 0 unspecified atom stereocenters. The van der Waals surface area contributed by atoms with Crippen molar-refractivity contribution < 1.29 is 14.6 Å². The lowest BCUT2D eigenvalue weighted by atomic mass is 10.1. The van der Waals surface area contributed by atoms with E-state index in [1.54, 1.807) is 6.08 Å². The molecule has 2 rings (SSSR count). The summed E-state index contributed by atoms with van der Waals surface area (Å²) in [6.07, 6.45) is 2.86. The number of aliphatic hydroxyl groups is 1. The zero-order valence-electron chi connectivity index (χ0n) is 14.0. The Morgan fingerprint density at radius 1 is 0.875 bits per heavy atom. The van der Waals surface area contributed by atoms with Gasteiger partial charge in [0, 0.05) is 6.61 Å². The van der Waals surface area contributed by atoms with E-state index in [0.717, 1.165) is 17.5 Å². The van der Waals surface area contributed by atoms with Crippen molar-refractivity contribution in [2.24, 2.45) is 0 Å². The van der Waals surface area contributed by atoms with Crippen LogP contribution < -0.4 is 0 Å². The Balaban J connectivity index is 1.93. The van der Waals surface area contributed by atoms with Crippen LogP contribution in [0.1, 0.15) is 24.0 Å². The van der Waals surface area contributed by atoms with Crippen LogP contribution in [0, 0.1) is 0 Å². The highest BCUT2D eigenvalue weighted by Crippen LogP contribution is 2.16. The van der Waals surface area contributed by atoms with Crippen molar-refractivity contribution in [1.29, 1.82) is 0 Å². The summed E-state index contributed by atoms with van der Waals surface area (Å²) in [6, 6.07) is 20.1. The van der Waals surface area contributed by atoms with E-state index >= 15 is 0 Å².